The fraction of sp³-hybridized carbons (Fsp3) is 0.714. The Hall–Kier alpha value is -0.100. The van der Waals surface area contributed by atoms with Gasteiger partial charge in [0.15, 0.2) is 0 Å². The first-order valence-corrected chi connectivity index (χ1v) is 5.08. The van der Waals surface area contributed by atoms with Gasteiger partial charge in [-0.2, -0.15) is 0 Å². The van der Waals surface area contributed by atoms with E-state index in [2.05, 4.69) is 41.3 Å². The van der Waals surface area contributed by atoms with Gasteiger partial charge in [0.25, 0.3) is 0 Å². The van der Waals surface area contributed by atoms with Gasteiger partial charge in [0, 0.05) is 0 Å². The van der Waals surface area contributed by atoms with Gasteiger partial charge in [-0.05, 0) is 6.92 Å². The molecule has 0 N–H and O–H groups in total. The average Bonchev–Trinajstić information content (AvgIpc) is 2.13. The predicted octanol–water partition coefficient (Wildman–Crippen LogP) is 1.25. The van der Waals surface area contributed by atoms with Crippen LogP contribution in [0.2, 0.25) is 0 Å². The Morgan fingerprint density at radius 1 is 1.31 bits per heavy atom. The highest BCUT2D eigenvalue weighted by Gasteiger charge is 2.43. The molecule has 0 rings (SSSR count). The number of ether oxygens (including phenoxy) is 2. The Kier molecular flexibility index (Phi) is 4.91. The van der Waals surface area contributed by atoms with Crippen LogP contribution in [0.25, 0.3) is 0 Å². The number of esters is 2. The van der Waals surface area contributed by atoms with E-state index in [-0.39, 0.29) is 0 Å². The molecule has 0 aliphatic heterocycles. The molecular formula is C7H10Br2O4. The third-order valence-corrected chi connectivity index (χ3v) is 4.15. The Labute approximate surface area is 93.2 Å². The Balaban J connectivity index is 4.62. The molecular weight excluding hydrogens is 308 g/mol. The Morgan fingerprint density at radius 3 is 2.08 bits per heavy atom. The maximum atomic E-state index is 11.2. The monoisotopic (exact) mass is 316 g/mol. The smallest absolute Gasteiger partial charge is 0.324 e. The van der Waals surface area contributed by atoms with Crippen molar-refractivity contribution >= 4 is 43.8 Å². The van der Waals surface area contributed by atoms with Gasteiger partial charge < -0.3 is 9.47 Å². The van der Waals surface area contributed by atoms with Crippen molar-refractivity contribution in [1.82, 2.24) is 0 Å². The van der Waals surface area contributed by atoms with Crippen LogP contribution in [0.15, 0.2) is 0 Å². The lowest BCUT2D eigenvalue weighted by atomic mass is 10.1. The molecule has 0 amide bonds. The molecule has 0 aliphatic rings. The molecule has 0 fully saturated rings. The topological polar surface area (TPSA) is 52.6 Å². The van der Waals surface area contributed by atoms with Crippen molar-refractivity contribution in [1.29, 1.82) is 0 Å². The van der Waals surface area contributed by atoms with Crippen LogP contribution < -0.4 is 0 Å². The summed E-state index contributed by atoms with van der Waals surface area (Å²) in [5, 5.41) is 0. The third kappa shape index (κ3) is 2.95. The van der Waals surface area contributed by atoms with Crippen LogP contribution >= 0.6 is 31.9 Å². The van der Waals surface area contributed by atoms with Gasteiger partial charge in [0.1, 0.15) is 9.15 Å². The first-order chi connectivity index (χ1) is 5.87. The summed E-state index contributed by atoms with van der Waals surface area (Å²) in [5.74, 6) is -1.08. The number of hydrogen-bond donors (Lipinski definition) is 0. The van der Waals surface area contributed by atoms with Crippen molar-refractivity contribution in [2.45, 2.75) is 16.1 Å². The normalized spacial score (nSPS) is 17.0. The summed E-state index contributed by atoms with van der Waals surface area (Å²) in [7, 11) is 2.50. The lowest BCUT2D eigenvalue weighted by Crippen LogP contribution is -2.43. The molecule has 2 atom stereocenters. The summed E-state index contributed by atoms with van der Waals surface area (Å²) in [5.41, 5.74) is 0. The van der Waals surface area contributed by atoms with E-state index < -0.39 is 21.1 Å². The second-order valence-corrected chi connectivity index (χ2v) is 5.02. The number of hydrogen-bond acceptors (Lipinski definition) is 4. The number of carbonyl (C=O) groups is 2. The molecule has 0 heterocycles. The van der Waals surface area contributed by atoms with E-state index in [1.165, 1.54) is 21.1 Å². The van der Waals surface area contributed by atoms with E-state index in [9.17, 15) is 9.59 Å². The van der Waals surface area contributed by atoms with E-state index in [0.717, 1.165) is 0 Å². The maximum Gasteiger partial charge on any atom is 0.324 e. The number of halogens is 2. The van der Waals surface area contributed by atoms with E-state index in [0.29, 0.717) is 0 Å². The van der Waals surface area contributed by atoms with Crippen LogP contribution in [-0.4, -0.2) is 35.3 Å². The molecule has 0 aromatic rings. The molecule has 0 saturated carbocycles. The zero-order valence-corrected chi connectivity index (χ0v) is 10.6. The van der Waals surface area contributed by atoms with Crippen molar-refractivity contribution in [3.63, 3.8) is 0 Å². The zero-order chi connectivity index (χ0) is 10.6. The van der Waals surface area contributed by atoms with Gasteiger partial charge in [0.2, 0.25) is 0 Å². The summed E-state index contributed by atoms with van der Waals surface area (Å²) < 4.78 is 7.86. The zero-order valence-electron chi connectivity index (χ0n) is 7.47. The van der Waals surface area contributed by atoms with Crippen LogP contribution in [-0.2, 0) is 19.1 Å². The minimum absolute atomic E-state index is 0.537. The molecule has 2 unspecified atom stereocenters. The van der Waals surface area contributed by atoms with Crippen molar-refractivity contribution in [3.8, 4) is 0 Å². The van der Waals surface area contributed by atoms with Gasteiger partial charge in [-0.15, -0.1) is 0 Å². The average molecular weight is 318 g/mol. The van der Waals surface area contributed by atoms with Crippen molar-refractivity contribution in [2.75, 3.05) is 14.2 Å². The number of carbonyl (C=O) groups excluding carboxylic acids is 2. The van der Waals surface area contributed by atoms with E-state index >= 15 is 0 Å². The molecule has 0 aromatic heterocycles. The largest absolute Gasteiger partial charge is 0.468 e. The summed E-state index contributed by atoms with van der Waals surface area (Å²) in [6.07, 6.45) is 0. The lowest BCUT2D eigenvalue weighted by molar-refractivity contribution is -0.148. The van der Waals surface area contributed by atoms with Crippen molar-refractivity contribution < 1.29 is 19.1 Å². The molecule has 13 heavy (non-hydrogen) atoms. The molecule has 0 bridgehead atoms. The quantitative estimate of drug-likeness (QED) is 0.581. The van der Waals surface area contributed by atoms with Gasteiger partial charge >= 0.3 is 11.9 Å². The molecule has 4 nitrogen and oxygen atoms in total. The molecule has 0 saturated heterocycles. The number of rotatable bonds is 3. The molecule has 0 radical (unpaired) electrons. The van der Waals surface area contributed by atoms with E-state index in [4.69, 9.17) is 0 Å². The lowest BCUT2D eigenvalue weighted by Gasteiger charge is -2.23. The summed E-state index contributed by atoms with van der Waals surface area (Å²) in [6.45, 7) is 1.52. The predicted molar refractivity (Wildman–Crippen MR) is 54.1 cm³/mol. The fourth-order valence-corrected chi connectivity index (χ4v) is 1.35. The number of alkyl halides is 2. The van der Waals surface area contributed by atoms with Crippen molar-refractivity contribution in [3.05, 3.63) is 0 Å². The van der Waals surface area contributed by atoms with Crippen LogP contribution in [0.1, 0.15) is 6.92 Å². The summed E-state index contributed by atoms with van der Waals surface area (Å²) >= 11 is 6.14. The second-order valence-electron chi connectivity index (χ2n) is 2.45. The van der Waals surface area contributed by atoms with E-state index in [1.807, 2.05) is 0 Å². The number of methoxy groups -OCH3 is 2. The van der Waals surface area contributed by atoms with Crippen LogP contribution in [0.3, 0.4) is 0 Å². The molecule has 0 spiro atoms. The standard InChI is InChI=1S/C7H10Br2O4/c1-7(9,6(11)13-3)4(8)5(10)12-2/h4H,1-3H3. The molecule has 6 heteroatoms. The minimum Gasteiger partial charge on any atom is -0.468 e. The fourth-order valence-electron chi connectivity index (χ4n) is 0.628. The first-order valence-electron chi connectivity index (χ1n) is 3.37. The SMILES string of the molecule is COC(=O)C(Br)C(C)(Br)C(=O)OC. The summed E-state index contributed by atoms with van der Waals surface area (Å²) in [4.78, 5) is 21.5. The van der Waals surface area contributed by atoms with Gasteiger partial charge in [0.05, 0.1) is 14.2 Å². The maximum absolute atomic E-state index is 11.2. The third-order valence-electron chi connectivity index (χ3n) is 1.47. The Morgan fingerprint density at radius 2 is 1.77 bits per heavy atom. The molecule has 0 aliphatic carbocycles. The van der Waals surface area contributed by atoms with E-state index in [1.54, 1.807) is 0 Å². The summed E-state index contributed by atoms with van der Waals surface area (Å²) in [6, 6.07) is 0. The van der Waals surface area contributed by atoms with Gasteiger partial charge in [-0.3, -0.25) is 9.59 Å². The highest BCUT2D eigenvalue weighted by molar-refractivity contribution is 9.13. The second kappa shape index (κ2) is 4.95. The van der Waals surface area contributed by atoms with Crippen LogP contribution in [0.5, 0.6) is 0 Å². The van der Waals surface area contributed by atoms with Gasteiger partial charge in [-0.1, -0.05) is 31.9 Å². The highest BCUT2D eigenvalue weighted by Crippen LogP contribution is 2.29. The first kappa shape index (κ1) is 12.9. The van der Waals surface area contributed by atoms with Crippen molar-refractivity contribution in [2.24, 2.45) is 0 Å². The molecule has 0 aromatic carbocycles. The Bertz CT molecular complexity index is 215. The molecule has 76 valence electrons. The van der Waals surface area contributed by atoms with Crippen LogP contribution in [0, 0.1) is 0 Å². The van der Waals surface area contributed by atoms with Gasteiger partial charge in [-0.25, -0.2) is 0 Å². The van der Waals surface area contributed by atoms with Crippen LogP contribution in [0.4, 0.5) is 0 Å². The highest BCUT2D eigenvalue weighted by atomic mass is 79.9. The minimum atomic E-state index is -1.12.